The average molecular weight is 597 g/mol. The third kappa shape index (κ3) is 5.57. The van der Waals surface area contributed by atoms with Crippen LogP contribution in [-0.2, 0) is 49.3 Å². The molecule has 2 aliphatic rings. The van der Waals surface area contributed by atoms with Gasteiger partial charge in [-0.15, -0.1) is 0 Å². The van der Waals surface area contributed by atoms with Gasteiger partial charge in [0.25, 0.3) is 0 Å². The number of hydrogen-bond acceptors (Lipinski definition) is 12. The molecule has 1 fully saturated rings. The van der Waals surface area contributed by atoms with Crippen molar-refractivity contribution >= 4 is 29.8 Å². The zero-order chi connectivity index (χ0) is 31.5. The SMILES string of the molecule is COC(=O)C1=C(O)[C@H](C(=O)OC)C2(O)C(C(=O)OC)[C@H](c3ccc(OC(=O)Cc4ccccc4)cc3)C[C@@H]1[C@@H]2C(=O)OC. The van der Waals surface area contributed by atoms with Crippen LogP contribution in [0.5, 0.6) is 5.75 Å². The number of aliphatic hydroxyl groups excluding tert-OH is 1. The van der Waals surface area contributed by atoms with Gasteiger partial charge in [-0.1, -0.05) is 42.5 Å². The predicted molar refractivity (Wildman–Crippen MR) is 146 cm³/mol. The maximum Gasteiger partial charge on any atom is 0.337 e. The number of hydrogen-bond donors (Lipinski definition) is 2. The number of carbonyl (C=O) groups excluding carboxylic acids is 5. The van der Waals surface area contributed by atoms with Crippen LogP contribution < -0.4 is 4.74 Å². The fraction of sp³-hybridized carbons (Fsp3) is 0.387. The van der Waals surface area contributed by atoms with Gasteiger partial charge in [0.05, 0.1) is 52.3 Å². The van der Waals surface area contributed by atoms with Crippen molar-refractivity contribution in [1.82, 2.24) is 0 Å². The monoisotopic (exact) mass is 596 g/mol. The van der Waals surface area contributed by atoms with Gasteiger partial charge in [-0.3, -0.25) is 19.2 Å². The van der Waals surface area contributed by atoms with Crippen LogP contribution in [0.4, 0.5) is 0 Å². The molecule has 0 amide bonds. The van der Waals surface area contributed by atoms with Crippen molar-refractivity contribution in [2.24, 2.45) is 23.7 Å². The number of ether oxygens (including phenoxy) is 5. The van der Waals surface area contributed by atoms with E-state index in [-0.39, 0.29) is 18.6 Å². The molecule has 12 nitrogen and oxygen atoms in total. The van der Waals surface area contributed by atoms with E-state index >= 15 is 0 Å². The molecule has 12 heteroatoms. The summed E-state index contributed by atoms with van der Waals surface area (Å²) in [4.78, 5) is 65.1. The number of benzene rings is 2. The first-order chi connectivity index (χ1) is 20.5. The molecule has 2 N–H and O–H groups in total. The van der Waals surface area contributed by atoms with Crippen molar-refractivity contribution in [3.63, 3.8) is 0 Å². The highest BCUT2D eigenvalue weighted by Crippen LogP contribution is 2.60. The van der Waals surface area contributed by atoms with Gasteiger partial charge in [0.2, 0.25) is 0 Å². The Morgan fingerprint density at radius 3 is 1.86 bits per heavy atom. The first-order valence-corrected chi connectivity index (χ1v) is 13.3. The highest BCUT2D eigenvalue weighted by molar-refractivity contribution is 5.96. The molecule has 0 saturated heterocycles. The fourth-order valence-electron chi connectivity index (χ4n) is 6.38. The molecule has 2 aromatic carbocycles. The summed E-state index contributed by atoms with van der Waals surface area (Å²) in [5.41, 5.74) is -1.87. The van der Waals surface area contributed by atoms with Crippen molar-refractivity contribution < 1.29 is 57.9 Å². The Kier molecular flexibility index (Phi) is 9.19. The molecule has 1 saturated carbocycles. The Labute approximate surface area is 247 Å². The molecule has 6 atom stereocenters. The van der Waals surface area contributed by atoms with Gasteiger partial charge in [-0.2, -0.15) is 0 Å². The fourth-order valence-corrected chi connectivity index (χ4v) is 6.38. The summed E-state index contributed by atoms with van der Waals surface area (Å²) in [6.07, 6.45) is -0.0995. The van der Waals surface area contributed by atoms with Crippen LogP contribution in [0, 0.1) is 23.7 Å². The smallest absolute Gasteiger partial charge is 0.337 e. The number of carbonyl (C=O) groups is 5. The van der Waals surface area contributed by atoms with Crippen LogP contribution in [0.1, 0.15) is 23.5 Å². The molecule has 2 bridgehead atoms. The highest BCUT2D eigenvalue weighted by Gasteiger charge is 2.71. The second kappa shape index (κ2) is 12.7. The first kappa shape index (κ1) is 31.2. The van der Waals surface area contributed by atoms with Crippen LogP contribution in [0.25, 0.3) is 0 Å². The molecule has 4 rings (SSSR count). The highest BCUT2D eigenvalue weighted by atomic mass is 16.5. The van der Waals surface area contributed by atoms with Gasteiger partial charge in [-0.05, 0) is 29.7 Å². The Morgan fingerprint density at radius 1 is 0.767 bits per heavy atom. The lowest BCUT2D eigenvalue weighted by atomic mass is 9.49. The van der Waals surface area contributed by atoms with Crippen LogP contribution >= 0.6 is 0 Å². The maximum atomic E-state index is 13.4. The minimum absolute atomic E-state index is 0.0420. The van der Waals surface area contributed by atoms with Crippen LogP contribution in [0.3, 0.4) is 0 Å². The van der Waals surface area contributed by atoms with E-state index in [2.05, 4.69) is 0 Å². The van der Waals surface area contributed by atoms with E-state index in [1.807, 2.05) is 6.07 Å². The molecule has 0 aliphatic heterocycles. The lowest BCUT2D eigenvalue weighted by Gasteiger charge is -2.55. The summed E-state index contributed by atoms with van der Waals surface area (Å²) >= 11 is 0. The Balaban J connectivity index is 1.80. The molecule has 43 heavy (non-hydrogen) atoms. The van der Waals surface area contributed by atoms with Gasteiger partial charge >= 0.3 is 29.8 Å². The quantitative estimate of drug-likeness (QED) is 0.258. The minimum atomic E-state index is -2.65. The largest absolute Gasteiger partial charge is 0.511 e. The average Bonchev–Trinajstić information content (AvgIpc) is 3.00. The summed E-state index contributed by atoms with van der Waals surface area (Å²) in [7, 11) is 4.16. The zero-order valence-corrected chi connectivity index (χ0v) is 24.0. The van der Waals surface area contributed by atoms with Crippen LogP contribution in [-0.4, -0.2) is 74.1 Å². The van der Waals surface area contributed by atoms with Crippen LogP contribution in [0.15, 0.2) is 65.9 Å². The predicted octanol–water partition coefficient (Wildman–Crippen LogP) is 2.04. The van der Waals surface area contributed by atoms with Crippen molar-refractivity contribution in [2.75, 3.05) is 28.4 Å². The number of aliphatic hydroxyl groups is 2. The van der Waals surface area contributed by atoms with Crippen molar-refractivity contribution in [3.05, 3.63) is 77.1 Å². The maximum absolute atomic E-state index is 13.4. The van der Waals surface area contributed by atoms with E-state index in [4.69, 9.17) is 23.7 Å². The van der Waals surface area contributed by atoms with E-state index < -0.39 is 76.4 Å². The molecule has 0 spiro atoms. The number of rotatable bonds is 8. The molecule has 228 valence electrons. The second-order valence-electron chi connectivity index (χ2n) is 10.3. The van der Waals surface area contributed by atoms with Crippen molar-refractivity contribution in [1.29, 1.82) is 0 Å². The van der Waals surface area contributed by atoms with Gasteiger partial charge in [0, 0.05) is 11.8 Å². The molecule has 0 heterocycles. The summed E-state index contributed by atoms with van der Waals surface area (Å²) in [5.74, 6) is -12.9. The van der Waals surface area contributed by atoms with Gasteiger partial charge < -0.3 is 33.9 Å². The van der Waals surface area contributed by atoms with Crippen molar-refractivity contribution in [3.8, 4) is 5.75 Å². The Morgan fingerprint density at radius 2 is 1.33 bits per heavy atom. The topological polar surface area (TPSA) is 172 Å². The minimum Gasteiger partial charge on any atom is -0.511 e. The first-order valence-electron chi connectivity index (χ1n) is 13.3. The number of esters is 5. The number of fused-ring (bicyclic) bond motifs is 2. The lowest BCUT2D eigenvalue weighted by Crippen LogP contribution is -2.68. The molecular weight excluding hydrogens is 564 g/mol. The molecule has 2 aliphatic carbocycles. The molecule has 2 aromatic rings. The van der Waals surface area contributed by atoms with Crippen LogP contribution in [0.2, 0.25) is 0 Å². The molecule has 0 aromatic heterocycles. The van der Waals surface area contributed by atoms with E-state index in [9.17, 15) is 34.2 Å². The third-order valence-corrected chi connectivity index (χ3v) is 8.18. The van der Waals surface area contributed by atoms with Gasteiger partial charge in [0.15, 0.2) is 0 Å². The second-order valence-corrected chi connectivity index (χ2v) is 10.3. The van der Waals surface area contributed by atoms with Gasteiger partial charge in [0.1, 0.15) is 23.0 Å². The Hall–Kier alpha value is -4.71. The van der Waals surface area contributed by atoms with E-state index in [0.717, 1.165) is 34.0 Å². The lowest BCUT2D eigenvalue weighted by molar-refractivity contribution is -0.208. The molecule has 0 radical (unpaired) electrons. The third-order valence-electron chi connectivity index (χ3n) is 8.18. The van der Waals surface area contributed by atoms with E-state index in [0.29, 0.717) is 5.56 Å². The van der Waals surface area contributed by atoms with E-state index in [1.54, 1.807) is 36.4 Å². The van der Waals surface area contributed by atoms with E-state index in [1.165, 1.54) is 12.1 Å². The number of methoxy groups -OCH3 is 4. The Bertz CT molecular complexity index is 1430. The molecule has 2 unspecified atom stereocenters. The summed E-state index contributed by atoms with van der Waals surface area (Å²) in [6.45, 7) is 0. The van der Waals surface area contributed by atoms with Crippen molar-refractivity contribution in [2.45, 2.75) is 24.4 Å². The zero-order valence-electron chi connectivity index (χ0n) is 24.0. The normalized spacial score (nSPS) is 26.1. The standard InChI is InChI=1S/C31H32O12/c1-39-27(34)22-20-15-19(17-10-12-18(13-11-17)43-21(32)14-16-8-6-5-7-9-16)23(28(35)40-2)31(38,24(20)29(36)41-3)25(26(22)33)30(37)42-4/h5-13,19-20,23-25,33,38H,14-15H2,1-4H3/t19-,20-,23?,24+,25+,31?/m0/s1. The molecular formula is C31H32O12. The van der Waals surface area contributed by atoms with Gasteiger partial charge in [-0.25, -0.2) is 4.79 Å². The summed E-state index contributed by atoms with van der Waals surface area (Å²) in [6, 6.07) is 15.1. The summed E-state index contributed by atoms with van der Waals surface area (Å²) < 4.78 is 25.1. The summed E-state index contributed by atoms with van der Waals surface area (Å²) in [5, 5.41) is 23.6.